The van der Waals surface area contributed by atoms with Gasteiger partial charge in [0.25, 0.3) is 0 Å². The van der Waals surface area contributed by atoms with E-state index in [1.165, 1.54) is 31.2 Å². The maximum absolute atomic E-state index is 6.33. The highest BCUT2D eigenvalue weighted by Gasteiger charge is 2.22. The number of nitrogens with zero attached hydrogens (tertiary/aromatic N) is 1. The number of benzene rings is 1. The van der Waals surface area contributed by atoms with Crippen molar-refractivity contribution in [2.45, 2.75) is 51.7 Å². The van der Waals surface area contributed by atoms with E-state index >= 15 is 0 Å². The first kappa shape index (κ1) is 14.8. The Bertz CT molecular complexity index is 411. The molecule has 0 aromatic heterocycles. The molecule has 0 heterocycles. The smallest absolute Gasteiger partial charge is 0.0454 e. The molecule has 2 rings (SSSR count). The lowest BCUT2D eigenvalue weighted by atomic mass is 9.86. The third-order valence-electron chi connectivity index (χ3n) is 4.38. The molecule has 1 aliphatic rings. The van der Waals surface area contributed by atoms with Crippen LogP contribution in [0.5, 0.6) is 0 Å². The molecule has 3 heteroatoms. The molecule has 1 aromatic rings. The molecule has 1 saturated carbocycles. The Balaban J connectivity index is 1.96. The van der Waals surface area contributed by atoms with E-state index in [4.69, 9.17) is 17.3 Å². The SMILES string of the molecule is CC1CCC(N(C)Cc2ccc(CN)cc2Cl)CC1. The molecule has 0 amide bonds. The monoisotopic (exact) mass is 280 g/mol. The first-order chi connectivity index (χ1) is 9.10. The summed E-state index contributed by atoms with van der Waals surface area (Å²) in [6.45, 7) is 3.84. The molecule has 1 fully saturated rings. The quantitative estimate of drug-likeness (QED) is 0.909. The van der Waals surface area contributed by atoms with Crippen molar-refractivity contribution in [2.75, 3.05) is 7.05 Å². The Kier molecular flexibility index (Phi) is 5.26. The predicted molar refractivity (Wildman–Crippen MR) is 82.2 cm³/mol. The van der Waals surface area contributed by atoms with E-state index in [0.29, 0.717) is 12.6 Å². The molecule has 0 bridgehead atoms. The van der Waals surface area contributed by atoms with E-state index in [-0.39, 0.29) is 0 Å². The lowest BCUT2D eigenvalue weighted by molar-refractivity contribution is 0.164. The maximum atomic E-state index is 6.33. The van der Waals surface area contributed by atoms with Crippen LogP contribution in [0, 0.1) is 5.92 Å². The summed E-state index contributed by atoms with van der Waals surface area (Å²) in [5.74, 6) is 0.900. The molecule has 2 nitrogen and oxygen atoms in total. The largest absolute Gasteiger partial charge is 0.326 e. The summed E-state index contributed by atoms with van der Waals surface area (Å²) in [5, 5.41) is 0.846. The summed E-state index contributed by atoms with van der Waals surface area (Å²) in [6, 6.07) is 6.90. The highest BCUT2D eigenvalue weighted by molar-refractivity contribution is 6.31. The molecule has 0 spiro atoms. The zero-order chi connectivity index (χ0) is 13.8. The maximum Gasteiger partial charge on any atom is 0.0454 e. The van der Waals surface area contributed by atoms with Crippen LogP contribution in [0.3, 0.4) is 0 Å². The number of hydrogen-bond donors (Lipinski definition) is 1. The second-order valence-electron chi connectivity index (χ2n) is 5.96. The topological polar surface area (TPSA) is 29.3 Å². The second kappa shape index (κ2) is 6.74. The van der Waals surface area contributed by atoms with Gasteiger partial charge in [0.1, 0.15) is 0 Å². The summed E-state index contributed by atoms with van der Waals surface area (Å²) in [5.41, 5.74) is 7.94. The van der Waals surface area contributed by atoms with Crippen molar-refractivity contribution in [1.29, 1.82) is 0 Å². The minimum atomic E-state index is 0.552. The van der Waals surface area contributed by atoms with E-state index in [2.05, 4.69) is 31.0 Å². The van der Waals surface area contributed by atoms with Crippen molar-refractivity contribution >= 4 is 11.6 Å². The average molecular weight is 281 g/mol. The van der Waals surface area contributed by atoms with Crippen molar-refractivity contribution < 1.29 is 0 Å². The Morgan fingerprint density at radius 1 is 1.26 bits per heavy atom. The van der Waals surface area contributed by atoms with Gasteiger partial charge >= 0.3 is 0 Å². The standard InChI is InChI=1S/C16H25ClN2/c1-12-3-7-15(8-4-12)19(2)11-14-6-5-13(10-18)9-16(14)17/h5-6,9,12,15H,3-4,7-8,10-11,18H2,1-2H3. The minimum absolute atomic E-state index is 0.552. The van der Waals surface area contributed by atoms with Crippen LogP contribution in [-0.2, 0) is 13.1 Å². The fraction of sp³-hybridized carbons (Fsp3) is 0.625. The molecule has 106 valence electrons. The van der Waals surface area contributed by atoms with Gasteiger partial charge < -0.3 is 5.73 Å². The van der Waals surface area contributed by atoms with Gasteiger partial charge in [-0.1, -0.05) is 30.7 Å². The minimum Gasteiger partial charge on any atom is -0.326 e. The van der Waals surface area contributed by atoms with Crippen LogP contribution < -0.4 is 5.73 Å². The van der Waals surface area contributed by atoms with Gasteiger partial charge in [-0.15, -0.1) is 0 Å². The second-order valence-corrected chi connectivity index (χ2v) is 6.37. The molecule has 1 aliphatic carbocycles. The highest BCUT2D eigenvalue weighted by Crippen LogP contribution is 2.28. The molecule has 19 heavy (non-hydrogen) atoms. The van der Waals surface area contributed by atoms with Crippen LogP contribution in [0.25, 0.3) is 0 Å². The van der Waals surface area contributed by atoms with Gasteiger partial charge in [0.2, 0.25) is 0 Å². The average Bonchev–Trinajstić information content (AvgIpc) is 2.41. The number of hydrogen-bond acceptors (Lipinski definition) is 2. The van der Waals surface area contributed by atoms with Crippen LogP contribution in [0.1, 0.15) is 43.7 Å². The van der Waals surface area contributed by atoms with Gasteiger partial charge in [-0.05, 0) is 55.8 Å². The van der Waals surface area contributed by atoms with Gasteiger partial charge in [0, 0.05) is 24.2 Å². The van der Waals surface area contributed by atoms with Gasteiger partial charge in [0.15, 0.2) is 0 Å². The van der Waals surface area contributed by atoms with Crippen LogP contribution in [0.15, 0.2) is 18.2 Å². The fourth-order valence-electron chi connectivity index (χ4n) is 2.93. The lowest BCUT2D eigenvalue weighted by Crippen LogP contribution is -2.34. The summed E-state index contributed by atoms with van der Waals surface area (Å²) in [6.07, 6.45) is 5.34. The Labute approximate surface area is 121 Å². The van der Waals surface area contributed by atoms with E-state index in [1.807, 2.05) is 6.07 Å². The van der Waals surface area contributed by atoms with Crippen molar-refractivity contribution in [3.05, 3.63) is 34.3 Å². The number of rotatable bonds is 4. The highest BCUT2D eigenvalue weighted by atomic mass is 35.5. The lowest BCUT2D eigenvalue weighted by Gasteiger charge is -2.33. The van der Waals surface area contributed by atoms with Crippen molar-refractivity contribution in [3.63, 3.8) is 0 Å². The molecule has 0 saturated heterocycles. The van der Waals surface area contributed by atoms with Crippen LogP contribution in [-0.4, -0.2) is 18.0 Å². The predicted octanol–water partition coefficient (Wildman–Crippen LogP) is 3.81. The zero-order valence-electron chi connectivity index (χ0n) is 12.0. The summed E-state index contributed by atoms with van der Waals surface area (Å²) < 4.78 is 0. The van der Waals surface area contributed by atoms with E-state index in [0.717, 1.165) is 23.0 Å². The fourth-order valence-corrected chi connectivity index (χ4v) is 3.19. The molecule has 2 N–H and O–H groups in total. The van der Waals surface area contributed by atoms with Crippen molar-refractivity contribution in [1.82, 2.24) is 4.90 Å². The molecular weight excluding hydrogens is 256 g/mol. The molecule has 0 atom stereocenters. The zero-order valence-corrected chi connectivity index (χ0v) is 12.8. The molecule has 1 aromatic carbocycles. The Morgan fingerprint density at radius 2 is 1.95 bits per heavy atom. The van der Waals surface area contributed by atoms with Gasteiger partial charge in [-0.3, -0.25) is 4.90 Å². The van der Waals surface area contributed by atoms with Crippen LogP contribution >= 0.6 is 11.6 Å². The van der Waals surface area contributed by atoms with Gasteiger partial charge in [-0.25, -0.2) is 0 Å². The normalized spacial score (nSPS) is 23.8. The van der Waals surface area contributed by atoms with E-state index < -0.39 is 0 Å². The van der Waals surface area contributed by atoms with Crippen molar-refractivity contribution in [2.24, 2.45) is 11.7 Å². The first-order valence-corrected chi connectivity index (χ1v) is 7.65. The van der Waals surface area contributed by atoms with E-state index in [1.54, 1.807) is 0 Å². The third-order valence-corrected chi connectivity index (χ3v) is 4.73. The molecule has 0 unspecified atom stereocenters. The Morgan fingerprint density at radius 3 is 2.53 bits per heavy atom. The number of nitrogens with two attached hydrogens (primary N) is 1. The van der Waals surface area contributed by atoms with E-state index in [9.17, 15) is 0 Å². The molecular formula is C16H25ClN2. The molecule has 0 aliphatic heterocycles. The van der Waals surface area contributed by atoms with Gasteiger partial charge in [-0.2, -0.15) is 0 Å². The summed E-state index contributed by atoms with van der Waals surface area (Å²) in [7, 11) is 2.22. The number of halogens is 1. The van der Waals surface area contributed by atoms with Gasteiger partial charge in [0.05, 0.1) is 0 Å². The van der Waals surface area contributed by atoms with Crippen LogP contribution in [0.2, 0.25) is 5.02 Å². The first-order valence-electron chi connectivity index (χ1n) is 7.27. The van der Waals surface area contributed by atoms with Crippen molar-refractivity contribution in [3.8, 4) is 0 Å². The molecule has 0 radical (unpaired) electrons. The third kappa shape index (κ3) is 3.95. The Hall–Kier alpha value is -0.570. The summed E-state index contributed by atoms with van der Waals surface area (Å²) in [4.78, 5) is 2.45. The summed E-state index contributed by atoms with van der Waals surface area (Å²) >= 11 is 6.33. The van der Waals surface area contributed by atoms with Crippen LogP contribution in [0.4, 0.5) is 0 Å².